The van der Waals surface area contributed by atoms with E-state index < -0.39 is 0 Å². The van der Waals surface area contributed by atoms with Crippen LogP contribution in [0.4, 0.5) is 5.69 Å². The van der Waals surface area contributed by atoms with Crippen LogP contribution in [0.5, 0.6) is 0 Å². The number of aryl methyl sites for hydroxylation is 2. The van der Waals surface area contributed by atoms with Crippen molar-refractivity contribution in [1.29, 1.82) is 0 Å². The molecular weight excluding hydrogens is 324 g/mol. The molecule has 1 N–H and O–H groups in total. The maximum Gasteiger partial charge on any atom is 0.261 e. The van der Waals surface area contributed by atoms with Gasteiger partial charge in [0, 0.05) is 29.7 Å². The van der Waals surface area contributed by atoms with Gasteiger partial charge in [0.05, 0.1) is 0 Å². The molecule has 1 aromatic carbocycles. The Hall–Kier alpha value is -2.36. The van der Waals surface area contributed by atoms with E-state index in [2.05, 4.69) is 23.7 Å². The van der Waals surface area contributed by atoms with Crippen LogP contribution in [0.15, 0.2) is 35.1 Å². The zero-order valence-electron chi connectivity index (χ0n) is 16.4. The van der Waals surface area contributed by atoms with Gasteiger partial charge in [-0.1, -0.05) is 51.3 Å². The van der Waals surface area contributed by atoms with Crippen LogP contribution in [0.25, 0.3) is 0 Å². The zero-order valence-corrected chi connectivity index (χ0v) is 16.4. The third kappa shape index (κ3) is 4.63. The lowest BCUT2D eigenvalue weighted by Crippen LogP contribution is -2.28. The first-order valence-electron chi connectivity index (χ1n) is 9.59. The number of para-hydroxylation sites is 1. The standard InChI is InChI=1S/C22H30N2O2/c1-5-7-10-14-24-17(4)15-20(25)21(19(24)11-6-2)22(26)23-18-13-9-8-12-16(18)3/h8-9,12-13,15H,5-7,10-11,14H2,1-4H3,(H,23,26). The summed E-state index contributed by atoms with van der Waals surface area (Å²) in [6, 6.07) is 9.22. The molecule has 0 fully saturated rings. The minimum Gasteiger partial charge on any atom is -0.348 e. The lowest BCUT2D eigenvalue weighted by molar-refractivity contribution is 0.102. The summed E-state index contributed by atoms with van der Waals surface area (Å²) in [6.45, 7) is 8.99. The van der Waals surface area contributed by atoms with Gasteiger partial charge in [0.25, 0.3) is 5.91 Å². The number of benzene rings is 1. The van der Waals surface area contributed by atoms with Gasteiger partial charge in [-0.2, -0.15) is 0 Å². The van der Waals surface area contributed by atoms with Crippen LogP contribution >= 0.6 is 0 Å². The molecule has 140 valence electrons. The van der Waals surface area contributed by atoms with Crippen LogP contribution in [0.2, 0.25) is 0 Å². The van der Waals surface area contributed by atoms with Gasteiger partial charge in [0.1, 0.15) is 5.56 Å². The predicted molar refractivity (Wildman–Crippen MR) is 108 cm³/mol. The third-order valence-corrected chi connectivity index (χ3v) is 4.72. The molecule has 0 saturated carbocycles. The molecule has 0 aliphatic carbocycles. The first-order valence-corrected chi connectivity index (χ1v) is 9.59. The van der Waals surface area contributed by atoms with Crippen molar-refractivity contribution in [3.8, 4) is 0 Å². The van der Waals surface area contributed by atoms with E-state index in [4.69, 9.17) is 0 Å². The van der Waals surface area contributed by atoms with Crippen LogP contribution in [0, 0.1) is 13.8 Å². The van der Waals surface area contributed by atoms with Crippen LogP contribution in [0.3, 0.4) is 0 Å². The van der Waals surface area contributed by atoms with Crippen LogP contribution in [-0.4, -0.2) is 10.5 Å². The number of unbranched alkanes of at least 4 members (excludes halogenated alkanes) is 2. The monoisotopic (exact) mass is 354 g/mol. The number of hydrogen-bond donors (Lipinski definition) is 1. The molecule has 26 heavy (non-hydrogen) atoms. The van der Waals surface area contributed by atoms with Gasteiger partial charge in [0.2, 0.25) is 0 Å². The zero-order chi connectivity index (χ0) is 19.1. The average Bonchev–Trinajstić information content (AvgIpc) is 2.59. The van der Waals surface area contributed by atoms with E-state index in [9.17, 15) is 9.59 Å². The SMILES string of the molecule is CCCCCn1c(C)cc(=O)c(C(=O)Nc2ccccc2C)c1CCC. The number of aromatic nitrogens is 1. The van der Waals surface area contributed by atoms with Gasteiger partial charge in [-0.25, -0.2) is 0 Å². The second-order valence-electron chi connectivity index (χ2n) is 6.85. The number of pyridine rings is 1. The molecule has 0 atom stereocenters. The minimum atomic E-state index is -0.308. The van der Waals surface area contributed by atoms with Gasteiger partial charge in [-0.3, -0.25) is 9.59 Å². The van der Waals surface area contributed by atoms with Gasteiger partial charge in [-0.05, 0) is 38.3 Å². The normalized spacial score (nSPS) is 10.8. The van der Waals surface area contributed by atoms with Crippen LogP contribution < -0.4 is 10.7 Å². The fourth-order valence-electron chi connectivity index (χ4n) is 3.30. The molecule has 0 saturated heterocycles. The Labute approximate surface area is 156 Å². The Bertz CT molecular complexity index is 821. The summed E-state index contributed by atoms with van der Waals surface area (Å²) >= 11 is 0. The first kappa shape index (κ1) is 20.0. The van der Waals surface area contributed by atoms with Crippen molar-refractivity contribution in [2.24, 2.45) is 0 Å². The smallest absolute Gasteiger partial charge is 0.261 e. The Morgan fingerprint density at radius 1 is 1.08 bits per heavy atom. The molecule has 4 heteroatoms. The number of amides is 1. The average molecular weight is 354 g/mol. The van der Waals surface area contributed by atoms with Gasteiger partial charge in [-0.15, -0.1) is 0 Å². The predicted octanol–water partition coefficient (Wildman–Crippen LogP) is 4.86. The lowest BCUT2D eigenvalue weighted by atomic mass is 10.0. The number of anilines is 1. The topological polar surface area (TPSA) is 51.1 Å². The molecule has 2 aromatic rings. The van der Waals surface area contributed by atoms with E-state index in [1.54, 1.807) is 6.07 Å². The summed E-state index contributed by atoms with van der Waals surface area (Å²) in [7, 11) is 0. The second-order valence-corrected chi connectivity index (χ2v) is 6.85. The van der Waals surface area contributed by atoms with Gasteiger partial charge < -0.3 is 9.88 Å². The minimum absolute atomic E-state index is 0.191. The van der Waals surface area contributed by atoms with Crippen molar-refractivity contribution < 1.29 is 4.79 Å². The van der Waals surface area contributed by atoms with E-state index >= 15 is 0 Å². The number of nitrogens with zero attached hydrogens (tertiary/aromatic N) is 1. The highest BCUT2D eigenvalue weighted by Gasteiger charge is 2.20. The molecule has 0 aliphatic heterocycles. The largest absolute Gasteiger partial charge is 0.348 e. The summed E-state index contributed by atoms with van der Waals surface area (Å²) < 4.78 is 2.16. The molecule has 1 heterocycles. The number of hydrogen-bond acceptors (Lipinski definition) is 2. The quantitative estimate of drug-likeness (QED) is 0.688. The summed E-state index contributed by atoms with van der Waals surface area (Å²) in [6.07, 6.45) is 4.95. The molecule has 2 rings (SSSR count). The highest BCUT2D eigenvalue weighted by atomic mass is 16.2. The number of carbonyl (C=O) groups excluding carboxylic acids is 1. The van der Waals surface area contributed by atoms with Crippen molar-refractivity contribution in [2.75, 3.05) is 5.32 Å². The summed E-state index contributed by atoms with van der Waals surface area (Å²) in [4.78, 5) is 25.6. The van der Waals surface area contributed by atoms with Gasteiger partial charge in [0.15, 0.2) is 5.43 Å². The molecular formula is C22H30N2O2. The molecule has 0 spiro atoms. The van der Waals surface area contributed by atoms with Crippen molar-refractivity contribution in [3.05, 3.63) is 63.1 Å². The number of nitrogens with one attached hydrogen (secondary N) is 1. The van der Waals surface area contributed by atoms with Crippen molar-refractivity contribution >= 4 is 11.6 Å². The maximum atomic E-state index is 13.0. The Morgan fingerprint density at radius 2 is 1.81 bits per heavy atom. The fraction of sp³-hybridized carbons (Fsp3) is 0.455. The van der Waals surface area contributed by atoms with Crippen molar-refractivity contribution in [3.63, 3.8) is 0 Å². The van der Waals surface area contributed by atoms with E-state index in [1.807, 2.05) is 38.1 Å². The third-order valence-electron chi connectivity index (χ3n) is 4.72. The van der Waals surface area contributed by atoms with E-state index in [1.165, 1.54) is 0 Å². The van der Waals surface area contributed by atoms with Crippen LogP contribution in [-0.2, 0) is 13.0 Å². The summed E-state index contributed by atoms with van der Waals surface area (Å²) in [5, 5.41) is 2.93. The molecule has 0 unspecified atom stereocenters. The highest BCUT2D eigenvalue weighted by Crippen LogP contribution is 2.18. The molecule has 0 aliphatic rings. The summed E-state index contributed by atoms with van der Waals surface area (Å²) in [5.41, 5.74) is 3.62. The second kappa shape index (κ2) is 9.37. The van der Waals surface area contributed by atoms with E-state index in [0.29, 0.717) is 0 Å². The molecule has 0 bridgehead atoms. The van der Waals surface area contributed by atoms with Crippen molar-refractivity contribution in [1.82, 2.24) is 4.57 Å². The fourth-order valence-corrected chi connectivity index (χ4v) is 3.30. The first-order chi connectivity index (χ1) is 12.5. The Balaban J connectivity index is 2.45. The Kier molecular flexibility index (Phi) is 7.19. The van der Waals surface area contributed by atoms with E-state index in [-0.39, 0.29) is 16.9 Å². The number of rotatable bonds is 8. The lowest BCUT2D eigenvalue weighted by Gasteiger charge is -2.20. The van der Waals surface area contributed by atoms with Gasteiger partial charge >= 0.3 is 0 Å². The Morgan fingerprint density at radius 3 is 2.46 bits per heavy atom. The van der Waals surface area contributed by atoms with Crippen molar-refractivity contribution in [2.45, 2.75) is 66.3 Å². The maximum absolute atomic E-state index is 13.0. The molecule has 1 aromatic heterocycles. The highest BCUT2D eigenvalue weighted by molar-refractivity contribution is 6.05. The molecule has 4 nitrogen and oxygen atoms in total. The molecule has 0 radical (unpaired) electrons. The number of carbonyl (C=O) groups is 1. The van der Waals surface area contributed by atoms with Crippen LogP contribution in [0.1, 0.15) is 66.8 Å². The van der Waals surface area contributed by atoms with E-state index in [0.717, 1.165) is 61.3 Å². The molecule has 1 amide bonds. The summed E-state index contributed by atoms with van der Waals surface area (Å²) in [5.74, 6) is -0.308.